The van der Waals surface area contributed by atoms with Gasteiger partial charge in [-0.15, -0.1) is 0 Å². The summed E-state index contributed by atoms with van der Waals surface area (Å²) in [4.78, 5) is 25.2. The van der Waals surface area contributed by atoms with Crippen molar-refractivity contribution in [3.8, 4) is 0 Å². The highest BCUT2D eigenvalue weighted by Gasteiger charge is 2.48. The van der Waals surface area contributed by atoms with E-state index < -0.39 is 11.5 Å². The van der Waals surface area contributed by atoms with Crippen LogP contribution in [-0.2, 0) is 4.79 Å². The van der Waals surface area contributed by atoms with Gasteiger partial charge >= 0.3 is 5.97 Å². The number of carbonyl (C=O) groups is 2. The van der Waals surface area contributed by atoms with Gasteiger partial charge in [0.1, 0.15) is 5.54 Å². The number of thiophene rings is 1. The number of nitrogens with zero attached hydrogens (tertiary/aromatic N) is 1. The van der Waals surface area contributed by atoms with Crippen LogP contribution in [0.2, 0.25) is 0 Å². The molecule has 1 unspecified atom stereocenters. The molecule has 0 radical (unpaired) electrons. The molecule has 0 saturated carbocycles. The van der Waals surface area contributed by atoms with Gasteiger partial charge in [0.2, 0.25) is 0 Å². The van der Waals surface area contributed by atoms with Crippen molar-refractivity contribution in [1.29, 1.82) is 0 Å². The van der Waals surface area contributed by atoms with Crippen molar-refractivity contribution in [3.63, 3.8) is 0 Å². The Bertz CT molecular complexity index is 429. The Hall–Kier alpha value is -1.36. The van der Waals surface area contributed by atoms with Crippen molar-refractivity contribution >= 4 is 23.2 Å². The minimum absolute atomic E-state index is 0.159. The van der Waals surface area contributed by atoms with E-state index in [2.05, 4.69) is 0 Å². The second kappa shape index (κ2) is 4.49. The van der Waals surface area contributed by atoms with Gasteiger partial charge in [0.15, 0.2) is 0 Å². The maximum Gasteiger partial charge on any atom is 0.329 e. The summed E-state index contributed by atoms with van der Waals surface area (Å²) in [6.07, 6.45) is 1.77. The summed E-state index contributed by atoms with van der Waals surface area (Å²) in [6, 6.07) is 1.74. The zero-order chi connectivity index (χ0) is 12.5. The summed E-state index contributed by atoms with van der Waals surface area (Å²) in [5, 5.41) is 13.0. The molecule has 2 rings (SSSR count). The Morgan fingerprint density at radius 2 is 2.35 bits per heavy atom. The number of likely N-dealkylation sites (tertiary alicyclic amines) is 1. The van der Waals surface area contributed by atoms with E-state index in [4.69, 9.17) is 0 Å². The Balaban J connectivity index is 2.31. The van der Waals surface area contributed by atoms with E-state index in [0.29, 0.717) is 24.9 Å². The van der Waals surface area contributed by atoms with Crippen LogP contribution in [0.1, 0.15) is 36.5 Å². The highest BCUT2D eigenvalue weighted by atomic mass is 32.1. The van der Waals surface area contributed by atoms with Gasteiger partial charge in [-0.1, -0.05) is 6.92 Å². The summed E-state index contributed by atoms with van der Waals surface area (Å²) >= 11 is 1.45. The average molecular weight is 253 g/mol. The third-order valence-corrected chi connectivity index (χ3v) is 4.17. The van der Waals surface area contributed by atoms with Crippen LogP contribution in [0.15, 0.2) is 16.8 Å². The highest BCUT2D eigenvalue weighted by Crippen LogP contribution is 2.34. The molecule has 1 aliphatic heterocycles. The molecule has 1 aliphatic rings. The molecule has 1 saturated heterocycles. The Morgan fingerprint density at radius 1 is 1.59 bits per heavy atom. The molecule has 5 heteroatoms. The summed E-state index contributed by atoms with van der Waals surface area (Å²) in [5.74, 6) is -1.05. The van der Waals surface area contributed by atoms with Crippen LogP contribution < -0.4 is 0 Å². The van der Waals surface area contributed by atoms with E-state index in [1.54, 1.807) is 11.4 Å². The molecular weight excluding hydrogens is 238 g/mol. The van der Waals surface area contributed by atoms with E-state index in [9.17, 15) is 14.7 Å². The molecule has 1 atom stereocenters. The molecule has 1 aromatic rings. The molecule has 1 amide bonds. The van der Waals surface area contributed by atoms with Crippen molar-refractivity contribution < 1.29 is 14.7 Å². The van der Waals surface area contributed by atoms with Gasteiger partial charge in [-0.05, 0) is 30.7 Å². The number of carbonyl (C=O) groups excluding carboxylic acids is 1. The number of carboxylic acid groups (broad SMARTS) is 1. The fourth-order valence-corrected chi connectivity index (χ4v) is 3.09. The smallest absolute Gasteiger partial charge is 0.329 e. The highest BCUT2D eigenvalue weighted by molar-refractivity contribution is 7.08. The first-order valence-electron chi connectivity index (χ1n) is 5.69. The third kappa shape index (κ3) is 1.84. The van der Waals surface area contributed by atoms with Crippen LogP contribution in [0.3, 0.4) is 0 Å². The minimum atomic E-state index is -1.00. The summed E-state index contributed by atoms with van der Waals surface area (Å²) < 4.78 is 0. The second-order valence-corrected chi connectivity index (χ2v) is 5.04. The number of hydrogen-bond donors (Lipinski definition) is 1. The van der Waals surface area contributed by atoms with Crippen molar-refractivity contribution in [2.45, 2.75) is 31.7 Å². The molecule has 92 valence electrons. The number of carboxylic acids is 1. The van der Waals surface area contributed by atoms with Crippen LogP contribution in [0.4, 0.5) is 0 Å². The van der Waals surface area contributed by atoms with Crippen LogP contribution in [0.25, 0.3) is 0 Å². The van der Waals surface area contributed by atoms with E-state index in [1.807, 2.05) is 12.3 Å². The van der Waals surface area contributed by atoms with E-state index in [1.165, 1.54) is 16.2 Å². The van der Waals surface area contributed by atoms with Gasteiger partial charge in [0, 0.05) is 11.9 Å². The van der Waals surface area contributed by atoms with Crippen LogP contribution in [0.5, 0.6) is 0 Å². The van der Waals surface area contributed by atoms with Crippen LogP contribution >= 0.6 is 11.3 Å². The van der Waals surface area contributed by atoms with Crippen molar-refractivity contribution in [1.82, 2.24) is 4.90 Å². The molecule has 4 nitrogen and oxygen atoms in total. The maximum absolute atomic E-state index is 12.3. The lowest BCUT2D eigenvalue weighted by Crippen LogP contribution is -2.52. The Morgan fingerprint density at radius 3 is 2.88 bits per heavy atom. The normalized spacial score (nSPS) is 23.9. The molecule has 2 heterocycles. The Labute approximate surface area is 104 Å². The molecule has 0 bridgehead atoms. The maximum atomic E-state index is 12.3. The molecule has 0 spiro atoms. The summed E-state index contributed by atoms with van der Waals surface area (Å²) in [6.45, 7) is 2.36. The lowest BCUT2D eigenvalue weighted by molar-refractivity contribution is -0.148. The molecule has 1 fully saturated rings. The minimum Gasteiger partial charge on any atom is -0.479 e. The topological polar surface area (TPSA) is 57.6 Å². The zero-order valence-electron chi connectivity index (χ0n) is 9.68. The number of hydrogen-bond acceptors (Lipinski definition) is 3. The van der Waals surface area contributed by atoms with Crippen molar-refractivity contribution in [2.24, 2.45) is 0 Å². The predicted molar refractivity (Wildman–Crippen MR) is 65.2 cm³/mol. The number of rotatable bonds is 3. The Kier molecular flexibility index (Phi) is 3.19. The molecule has 1 aromatic heterocycles. The summed E-state index contributed by atoms with van der Waals surface area (Å²) in [7, 11) is 0. The van der Waals surface area contributed by atoms with E-state index in [-0.39, 0.29) is 5.91 Å². The first-order valence-corrected chi connectivity index (χ1v) is 6.63. The van der Waals surface area contributed by atoms with Gasteiger partial charge < -0.3 is 10.0 Å². The second-order valence-electron chi connectivity index (χ2n) is 4.26. The fraction of sp³-hybridized carbons (Fsp3) is 0.500. The molecule has 0 aromatic carbocycles. The SMILES string of the molecule is CCC1(C(=O)O)CCCN1C(=O)c1ccsc1. The van der Waals surface area contributed by atoms with Gasteiger partial charge in [-0.3, -0.25) is 4.79 Å². The molecule has 1 N–H and O–H groups in total. The quantitative estimate of drug-likeness (QED) is 0.898. The molecule has 0 aliphatic carbocycles. The standard InChI is InChI=1S/C12H15NO3S/c1-2-12(11(15)16)5-3-6-13(12)10(14)9-4-7-17-8-9/h4,7-8H,2-3,5-6H2,1H3,(H,15,16). The van der Waals surface area contributed by atoms with Crippen LogP contribution in [0, 0.1) is 0 Å². The first-order chi connectivity index (χ1) is 8.12. The number of amides is 1. The first kappa shape index (κ1) is 12.1. The van der Waals surface area contributed by atoms with Crippen molar-refractivity contribution in [2.75, 3.05) is 6.54 Å². The molecule has 17 heavy (non-hydrogen) atoms. The zero-order valence-corrected chi connectivity index (χ0v) is 10.5. The van der Waals surface area contributed by atoms with E-state index in [0.717, 1.165) is 6.42 Å². The lowest BCUT2D eigenvalue weighted by Gasteiger charge is -2.33. The molecular formula is C12H15NO3S. The monoisotopic (exact) mass is 253 g/mol. The third-order valence-electron chi connectivity index (χ3n) is 3.49. The summed E-state index contributed by atoms with van der Waals surface area (Å²) in [5.41, 5.74) is -0.407. The largest absolute Gasteiger partial charge is 0.479 e. The predicted octanol–water partition coefficient (Wildman–Crippen LogP) is 2.22. The van der Waals surface area contributed by atoms with Gasteiger partial charge in [0.05, 0.1) is 5.56 Å². The van der Waals surface area contributed by atoms with Gasteiger partial charge in [-0.2, -0.15) is 11.3 Å². The average Bonchev–Trinajstić information content (AvgIpc) is 2.97. The van der Waals surface area contributed by atoms with Crippen LogP contribution in [-0.4, -0.2) is 34.0 Å². The fourth-order valence-electron chi connectivity index (χ4n) is 2.46. The van der Waals surface area contributed by atoms with Crippen molar-refractivity contribution in [3.05, 3.63) is 22.4 Å². The van der Waals surface area contributed by atoms with E-state index >= 15 is 0 Å². The van der Waals surface area contributed by atoms with Gasteiger partial charge in [-0.25, -0.2) is 4.79 Å². The van der Waals surface area contributed by atoms with Gasteiger partial charge in [0.25, 0.3) is 5.91 Å². The lowest BCUT2D eigenvalue weighted by atomic mass is 9.92. The number of aliphatic carboxylic acids is 1.